The van der Waals surface area contributed by atoms with E-state index in [1.165, 1.54) is 6.07 Å². The smallest absolute Gasteiger partial charge is 0.341 e. The summed E-state index contributed by atoms with van der Waals surface area (Å²) in [6.07, 6.45) is 0.932. The Labute approximate surface area is 167 Å². The van der Waals surface area contributed by atoms with E-state index in [-0.39, 0.29) is 23.6 Å². The van der Waals surface area contributed by atoms with Gasteiger partial charge in [-0.15, -0.1) is 0 Å². The highest BCUT2D eigenvalue weighted by Crippen LogP contribution is 2.38. The second-order valence-corrected chi connectivity index (χ2v) is 7.91. The molecule has 0 unspecified atom stereocenters. The summed E-state index contributed by atoms with van der Waals surface area (Å²) in [5, 5.41) is 11.3. The molecule has 160 valence electrons. The maximum atomic E-state index is 13.2. The molecule has 29 heavy (non-hydrogen) atoms. The van der Waals surface area contributed by atoms with Gasteiger partial charge in [-0.3, -0.25) is 19.8 Å². The standard InChI is InChI=1S/C20H26F3N3O3/c1-24(16-9-2-3-10-17(16)25-11-4-5-12-25)18(27)13-14-7-6-8-15(20(21,22)23)19(14)26(28)29/h6-8,16-17H,2-5,9-13H2,1H3/t16-,17-/m0/s1. The number of likely N-dealkylation sites (tertiary alicyclic amines) is 1. The molecule has 3 rings (SSSR count). The van der Waals surface area contributed by atoms with Crippen LogP contribution in [-0.2, 0) is 17.4 Å². The third-order valence-corrected chi connectivity index (χ3v) is 6.14. The summed E-state index contributed by atoms with van der Waals surface area (Å²) in [5.74, 6) is -0.386. The van der Waals surface area contributed by atoms with E-state index in [4.69, 9.17) is 0 Å². The van der Waals surface area contributed by atoms with Gasteiger partial charge in [0.1, 0.15) is 5.56 Å². The number of carbonyl (C=O) groups excluding carboxylic acids is 1. The van der Waals surface area contributed by atoms with Crippen molar-refractivity contribution < 1.29 is 22.9 Å². The Morgan fingerprint density at radius 2 is 1.86 bits per heavy atom. The van der Waals surface area contributed by atoms with Crippen molar-refractivity contribution in [1.29, 1.82) is 0 Å². The predicted octanol–water partition coefficient (Wildman–Crippen LogP) is 4.02. The number of para-hydroxylation sites is 1. The van der Waals surface area contributed by atoms with Gasteiger partial charge in [0.25, 0.3) is 5.69 Å². The number of amides is 1. The monoisotopic (exact) mass is 413 g/mol. The fourth-order valence-corrected chi connectivity index (χ4v) is 4.69. The number of rotatable bonds is 5. The largest absolute Gasteiger partial charge is 0.423 e. The zero-order valence-corrected chi connectivity index (χ0v) is 16.5. The number of nitro groups is 1. The summed E-state index contributed by atoms with van der Waals surface area (Å²) in [6, 6.07) is 3.26. The summed E-state index contributed by atoms with van der Waals surface area (Å²) in [4.78, 5) is 27.2. The summed E-state index contributed by atoms with van der Waals surface area (Å²) >= 11 is 0. The fraction of sp³-hybridized carbons (Fsp3) is 0.650. The predicted molar refractivity (Wildman–Crippen MR) is 101 cm³/mol. The number of carbonyl (C=O) groups is 1. The number of alkyl halides is 3. The van der Waals surface area contributed by atoms with Crippen LogP contribution in [0.2, 0.25) is 0 Å². The van der Waals surface area contributed by atoms with Crippen LogP contribution in [0.1, 0.15) is 49.7 Å². The molecule has 1 heterocycles. The Bertz CT molecular complexity index is 763. The van der Waals surface area contributed by atoms with Gasteiger partial charge in [-0.2, -0.15) is 13.2 Å². The van der Waals surface area contributed by atoms with Crippen molar-refractivity contribution in [2.24, 2.45) is 0 Å². The molecule has 0 aromatic heterocycles. The van der Waals surface area contributed by atoms with Crippen molar-refractivity contribution in [3.05, 3.63) is 39.4 Å². The molecule has 9 heteroatoms. The van der Waals surface area contributed by atoms with Gasteiger partial charge < -0.3 is 4.90 Å². The molecule has 0 spiro atoms. The van der Waals surface area contributed by atoms with E-state index < -0.39 is 28.8 Å². The van der Waals surface area contributed by atoms with E-state index >= 15 is 0 Å². The Balaban J connectivity index is 1.81. The third kappa shape index (κ3) is 4.71. The van der Waals surface area contributed by atoms with Gasteiger partial charge in [-0.05, 0) is 44.8 Å². The summed E-state index contributed by atoms with van der Waals surface area (Å²) < 4.78 is 39.6. The van der Waals surface area contributed by atoms with E-state index in [1.807, 2.05) is 0 Å². The summed E-state index contributed by atoms with van der Waals surface area (Å²) in [7, 11) is 1.67. The zero-order chi connectivity index (χ0) is 21.2. The second-order valence-electron chi connectivity index (χ2n) is 7.91. The highest BCUT2D eigenvalue weighted by atomic mass is 19.4. The van der Waals surface area contributed by atoms with Crippen molar-refractivity contribution >= 4 is 11.6 Å². The topological polar surface area (TPSA) is 66.7 Å². The lowest BCUT2D eigenvalue weighted by atomic mass is 9.88. The number of nitro benzene ring substituents is 1. The van der Waals surface area contributed by atoms with E-state index in [2.05, 4.69) is 4.90 Å². The molecule has 1 saturated heterocycles. The average molecular weight is 413 g/mol. The maximum Gasteiger partial charge on any atom is 0.423 e. The van der Waals surface area contributed by atoms with Crippen molar-refractivity contribution in [3.8, 4) is 0 Å². The van der Waals surface area contributed by atoms with Crippen molar-refractivity contribution in [2.75, 3.05) is 20.1 Å². The Morgan fingerprint density at radius 3 is 2.48 bits per heavy atom. The molecule has 1 amide bonds. The maximum absolute atomic E-state index is 13.2. The number of halogens is 3. The number of hydrogen-bond acceptors (Lipinski definition) is 4. The molecule has 1 aliphatic heterocycles. The molecule has 1 saturated carbocycles. The van der Waals surface area contributed by atoms with Gasteiger partial charge >= 0.3 is 6.18 Å². The first kappa shape index (κ1) is 21.5. The lowest BCUT2D eigenvalue weighted by Crippen LogP contribution is -2.53. The minimum absolute atomic E-state index is 0.0146. The van der Waals surface area contributed by atoms with Crippen LogP contribution in [0.25, 0.3) is 0 Å². The molecule has 2 fully saturated rings. The molecule has 2 aliphatic rings. The number of hydrogen-bond donors (Lipinski definition) is 0. The number of likely N-dealkylation sites (N-methyl/N-ethyl adjacent to an activating group) is 1. The second kappa shape index (κ2) is 8.69. The molecular formula is C20H26F3N3O3. The zero-order valence-electron chi connectivity index (χ0n) is 16.5. The summed E-state index contributed by atoms with van der Waals surface area (Å²) in [6.45, 7) is 2.00. The first-order valence-corrected chi connectivity index (χ1v) is 10.0. The Morgan fingerprint density at radius 1 is 1.21 bits per heavy atom. The molecule has 1 aliphatic carbocycles. The highest BCUT2D eigenvalue weighted by Gasteiger charge is 2.40. The van der Waals surface area contributed by atoms with Crippen molar-refractivity contribution in [1.82, 2.24) is 9.80 Å². The first-order chi connectivity index (χ1) is 13.7. The third-order valence-electron chi connectivity index (χ3n) is 6.14. The molecular weight excluding hydrogens is 387 g/mol. The SMILES string of the molecule is CN(C(=O)Cc1cccc(C(F)(F)F)c1[N+](=O)[O-])[C@H]1CCCC[C@@H]1N1CCCC1. The molecule has 2 atom stereocenters. The van der Waals surface area contributed by atoms with E-state index in [0.717, 1.165) is 57.7 Å². The van der Waals surface area contributed by atoms with E-state index in [9.17, 15) is 28.1 Å². The van der Waals surface area contributed by atoms with Crippen molar-refractivity contribution in [2.45, 2.75) is 63.2 Å². The quantitative estimate of drug-likeness (QED) is 0.540. The Hall–Kier alpha value is -2.16. The van der Waals surface area contributed by atoms with Crippen LogP contribution in [0.15, 0.2) is 18.2 Å². The van der Waals surface area contributed by atoms with Gasteiger partial charge in [-0.1, -0.05) is 25.0 Å². The van der Waals surface area contributed by atoms with Gasteiger partial charge in [0.15, 0.2) is 0 Å². The van der Waals surface area contributed by atoms with Crippen LogP contribution >= 0.6 is 0 Å². The van der Waals surface area contributed by atoms with Gasteiger partial charge in [0.05, 0.1) is 11.3 Å². The lowest BCUT2D eigenvalue weighted by molar-refractivity contribution is -0.388. The first-order valence-electron chi connectivity index (χ1n) is 10.0. The molecule has 0 radical (unpaired) electrons. The van der Waals surface area contributed by atoms with E-state index in [1.54, 1.807) is 11.9 Å². The van der Waals surface area contributed by atoms with Gasteiger partial charge in [0, 0.05) is 24.7 Å². The molecule has 1 aromatic carbocycles. The molecule has 1 aromatic rings. The van der Waals surface area contributed by atoms with Gasteiger partial charge in [0.2, 0.25) is 5.91 Å². The van der Waals surface area contributed by atoms with E-state index in [0.29, 0.717) is 6.07 Å². The highest BCUT2D eigenvalue weighted by molar-refractivity contribution is 5.80. The number of benzene rings is 1. The lowest BCUT2D eigenvalue weighted by Gasteiger charge is -2.42. The van der Waals surface area contributed by atoms with Crippen LogP contribution in [-0.4, -0.2) is 52.9 Å². The molecule has 0 N–H and O–H groups in total. The van der Waals surface area contributed by atoms with Crippen LogP contribution in [0, 0.1) is 10.1 Å². The van der Waals surface area contributed by atoms with Crippen molar-refractivity contribution in [3.63, 3.8) is 0 Å². The summed E-state index contributed by atoms with van der Waals surface area (Å²) in [5.41, 5.74) is -2.54. The fourth-order valence-electron chi connectivity index (χ4n) is 4.69. The van der Waals surface area contributed by atoms with Crippen LogP contribution in [0.4, 0.5) is 18.9 Å². The average Bonchev–Trinajstić information content (AvgIpc) is 3.21. The van der Waals surface area contributed by atoms with Crippen LogP contribution in [0.5, 0.6) is 0 Å². The normalized spacial score (nSPS) is 23.2. The molecule has 0 bridgehead atoms. The van der Waals surface area contributed by atoms with Crippen LogP contribution in [0.3, 0.4) is 0 Å². The minimum atomic E-state index is -4.85. The van der Waals surface area contributed by atoms with Crippen LogP contribution < -0.4 is 0 Å². The minimum Gasteiger partial charge on any atom is -0.341 e. The molecule has 6 nitrogen and oxygen atoms in total. The Kier molecular flexibility index (Phi) is 6.45. The van der Waals surface area contributed by atoms with Gasteiger partial charge in [-0.25, -0.2) is 0 Å². The number of nitrogens with zero attached hydrogens (tertiary/aromatic N) is 3.